The van der Waals surface area contributed by atoms with Crippen LogP contribution >= 0.6 is 27.7 Å². The van der Waals surface area contributed by atoms with E-state index in [0.29, 0.717) is 6.04 Å². The van der Waals surface area contributed by atoms with Crippen molar-refractivity contribution in [1.82, 2.24) is 0 Å². The third kappa shape index (κ3) is 2.42. The molecule has 1 N–H and O–H groups in total. The third-order valence-electron chi connectivity index (χ3n) is 2.22. The van der Waals surface area contributed by atoms with Gasteiger partial charge in [-0.05, 0) is 46.3 Å². The molecule has 1 saturated heterocycles. The maximum atomic E-state index is 12.8. The van der Waals surface area contributed by atoms with Gasteiger partial charge >= 0.3 is 0 Å². The van der Waals surface area contributed by atoms with Crippen molar-refractivity contribution in [2.75, 3.05) is 16.8 Å². The van der Waals surface area contributed by atoms with Crippen molar-refractivity contribution < 1.29 is 4.39 Å². The highest BCUT2D eigenvalue weighted by atomic mass is 79.9. The minimum atomic E-state index is -0.205. The quantitative estimate of drug-likeness (QED) is 0.887. The molecule has 1 aromatic carbocycles. The summed E-state index contributed by atoms with van der Waals surface area (Å²) in [6, 6.07) is 5.28. The molecule has 0 bridgehead atoms. The number of benzene rings is 1. The Morgan fingerprint density at radius 1 is 1.50 bits per heavy atom. The first kappa shape index (κ1) is 10.3. The highest BCUT2D eigenvalue weighted by Crippen LogP contribution is 2.27. The maximum Gasteiger partial charge on any atom is 0.124 e. The van der Waals surface area contributed by atoms with Crippen LogP contribution in [0.15, 0.2) is 22.7 Å². The number of nitrogens with one attached hydrogen (secondary N) is 1. The number of hydrogen-bond acceptors (Lipinski definition) is 2. The molecule has 0 aromatic heterocycles. The first-order chi connectivity index (χ1) is 6.75. The van der Waals surface area contributed by atoms with Crippen LogP contribution in [0.4, 0.5) is 10.1 Å². The Labute approximate surface area is 95.6 Å². The molecule has 14 heavy (non-hydrogen) atoms. The van der Waals surface area contributed by atoms with Crippen LogP contribution in [0.2, 0.25) is 0 Å². The first-order valence-corrected chi connectivity index (χ1v) is 6.50. The van der Waals surface area contributed by atoms with Crippen LogP contribution in [-0.2, 0) is 0 Å². The van der Waals surface area contributed by atoms with Gasteiger partial charge in [0.05, 0.1) is 0 Å². The van der Waals surface area contributed by atoms with E-state index >= 15 is 0 Å². The number of halogens is 2. The molecule has 1 fully saturated rings. The van der Waals surface area contributed by atoms with E-state index in [9.17, 15) is 4.39 Å². The summed E-state index contributed by atoms with van der Waals surface area (Å²) in [6.45, 7) is 0. The second-order valence-electron chi connectivity index (χ2n) is 3.33. The lowest BCUT2D eigenvalue weighted by Crippen LogP contribution is -2.18. The van der Waals surface area contributed by atoms with Crippen molar-refractivity contribution in [3.63, 3.8) is 0 Å². The maximum absolute atomic E-state index is 12.8. The molecule has 1 heterocycles. The molecule has 0 radical (unpaired) electrons. The summed E-state index contributed by atoms with van der Waals surface area (Å²) >= 11 is 5.30. The molecule has 2 rings (SSSR count). The second kappa shape index (κ2) is 4.53. The number of rotatable bonds is 2. The van der Waals surface area contributed by atoms with Gasteiger partial charge in [-0.1, -0.05) is 0 Å². The lowest BCUT2D eigenvalue weighted by atomic mass is 10.2. The fraction of sp³-hybridized carbons (Fsp3) is 0.400. The summed E-state index contributed by atoms with van der Waals surface area (Å²) in [6.07, 6.45) is 1.19. The van der Waals surface area contributed by atoms with Gasteiger partial charge in [0.15, 0.2) is 0 Å². The largest absolute Gasteiger partial charge is 0.381 e. The molecule has 0 saturated carbocycles. The van der Waals surface area contributed by atoms with Crippen LogP contribution in [0.25, 0.3) is 0 Å². The number of anilines is 1. The zero-order chi connectivity index (χ0) is 9.97. The summed E-state index contributed by atoms with van der Waals surface area (Å²) in [5, 5.41) is 3.40. The van der Waals surface area contributed by atoms with E-state index in [2.05, 4.69) is 21.2 Å². The third-order valence-corrected chi connectivity index (χ3v) is 4.04. The number of thioether (sulfide) groups is 1. The Hall–Kier alpha value is -0.220. The molecule has 1 atom stereocenters. The minimum Gasteiger partial charge on any atom is -0.381 e. The Balaban J connectivity index is 2.08. The molecule has 4 heteroatoms. The van der Waals surface area contributed by atoms with Crippen LogP contribution in [0, 0.1) is 5.82 Å². The standard InChI is InChI=1S/C10H11BrFNS/c11-9-5-7(12)1-2-10(9)13-8-3-4-14-6-8/h1-2,5,8,13H,3-4,6H2. The van der Waals surface area contributed by atoms with Gasteiger partial charge in [-0.15, -0.1) is 0 Å². The number of hydrogen-bond donors (Lipinski definition) is 1. The van der Waals surface area contributed by atoms with E-state index in [1.165, 1.54) is 24.3 Å². The molecule has 0 amide bonds. The molecule has 1 aliphatic rings. The monoisotopic (exact) mass is 275 g/mol. The lowest BCUT2D eigenvalue weighted by Gasteiger charge is -2.14. The molecule has 1 aliphatic heterocycles. The van der Waals surface area contributed by atoms with Gasteiger partial charge < -0.3 is 5.32 Å². The summed E-state index contributed by atoms with van der Waals surface area (Å²) in [5.74, 6) is 2.16. The van der Waals surface area contributed by atoms with Gasteiger partial charge in [0.25, 0.3) is 0 Å². The van der Waals surface area contributed by atoms with E-state index in [4.69, 9.17) is 0 Å². The fourth-order valence-electron chi connectivity index (χ4n) is 1.47. The average Bonchev–Trinajstić information content (AvgIpc) is 2.62. The topological polar surface area (TPSA) is 12.0 Å². The van der Waals surface area contributed by atoms with Crippen LogP contribution in [0.1, 0.15) is 6.42 Å². The Kier molecular flexibility index (Phi) is 3.34. The fourth-order valence-corrected chi connectivity index (χ4v) is 3.09. The molecule has 0 aliphatic carbocycles. The van der Waals surface area contributed by atoms with Crippen molar-refractivity contribution >= 4 is 33.4 Å². The van der Waals surface area contributed by atoms with Crippen molar-refractivity contribution in [2.24, 2.45) is 0 Å². The minimum absolute atomic E-state index is 0.205. The zero-order valence-corrected chi connectivity index (χ0v) is 10.00. The normalized spacial score (nSPS) is 21.1. The van der Waals surface area contributed by atoms with Gasteiger partial charge in [-0.2, -0.15) is 11.8 Å². The van der Waals surface area contributed by atoms with Crippen LogP contribution < -0.4 is 5.32 Å². The summed E-state index contributed by atoms with van der Waals surface area (Å²) in [5.41, 5.74) is 0.985. The van der Waals surface area contributed by atoms with Gasteiger partial charge in [-0.3, -0.25) is 0 Å². The van der Waals surface area contributed by atoms with E-state index in [1.807, 2.05) is 11.8 Å². The predicted octanol–water partition coefficient (Wildman–Crippen LogP) is 3.51. The van der Waals surface area contributed by atoms with Gasteiger partial charge in [0.1, 0.15) is 5.82 Å². The second-order valence-corrected chi connectivity index (χ2v) is 5.33. The highest BCUT2D eigenvalue weighted by molar-refractivity contribution is 9.10. The molecule has 0 spiro atoms. The molecule has 1 aromatic rings. The van der Waals surface area contributed by atoms with E-state index < -0.39 is 0 Å². The Bertz CT molecular complexity index is 326. The predicted molar refractivity (Wildman–Crippen MR) is 63.5 cm³/mol. The average molecular weight is 276 g/mol. The van der Waals surface area contributed by atoms with Crippen molar-refractivity contribution in [1.29, 1.82) is 0 Å². The molecule has 1 unspecified atom stereocenters. The molecular weight excluding hydrogens is 265 g/mol. The summed E-state index contributed by atoms with van der Waals surface area (Å²) in [4.78, 5) is 0. The molecule has 76 valence electrons. The van der Waals surface area contributed by atoms with Crippen LogP contribution in [0.3, 0.4) is 0 Å². The zero-order valence-electron chi connectivity index (χ0n) is 7.59. The lowest BCUT2D eigenvalue weighted by molar-refractivity contribution is 0.627. The van der Waals surface area contributed by atoms with Crippen molar-refractivity contribution in [3.8, 4) is 0 Å². The van der Waals surface area contributed by atoms with E-state index in [1.54, 1.807) is 6.07 Å². The first-order valence-electron chi connectivity index (χ1n) is 4.55. The Morgan fingerprint density at radius 3 is 3.00 bits per heavy atom. The van der Waals surface area contributed by atoms with Gasteiger partial charge in [0, 0.05) is 22.0 Å². The highest BCUT2D eigenvalue weighted by Gasteiger charge is 2.15. The van der Waals surface area contributed by atoms with Gasteiger partial charge in [0.2, 0.25) is 0 Å². The van der Waals surface area contributed by atoms with Crippen LogP contribution in [0.5, 0.6) is 0 Å². The molecular formula is C10H11BrFNS. The van der Waals surface area contributed by atoms with E-state index in [0.717, 1.165) is 15.9 Å². The van der Waals surface area contributed by atoms with Crippen molar-refractivity contribution in [3.05, 3.63) is 28.5 Å². The summed E-state index contributed by atoms with van der Waals surface area (Å²) in [7, 11) is 0. The van der Waals surface area contributed by atoms with E-state index in [-0.39, 0.29) is 5.82 Å². The van der Waals surface area contributed by atoms with Crippen molar-refractivity contribution in [2.45, 2.75) is 12.5 Å². The Morgan fingerprint density at radius 2 is 2.36 bits per heavy atom. The summed E-state index contributed by atoms with van der Waals surface area (Å²) < 4.78 is 13.6. The smallest absolute Gasteiger partial charge is 0.124 e. The molecule has 1 nitrogen and oxygen atoms in total. The van der Waals surface area contributed by atoms with Gasteiger partial charge in [-0.25, -0.2) is 4.39 Å². The van der Waals surface area contributed by atoms with Crippen LogP contribution in [-0.4, -0.2) is 17.5 Å². The SMILES string of the molecule is Fc1ccc(NC2CCSC2)c(Br)c1.